The summed E-state index contributed by atoms with van der Waals surface area (Å²) in [5.41, 5.74) is 5.41. The van der Waals surface area contributed by atoms with Gasteiger partial charge >= 0.3 is 0 Å². The fourth-order valence-electron chi connectivity index (χ4n) is 2.54. The van der Waals surface area contributed by atoms with Gasteiger partial charge in [0.2, 0.25) is 5.91 Å². The Hall–Kier alpha value is -0.620. The first kappa shape index (κ1) is 17.4. The van der Waals surface area contributed by atoms with Crippen LogP contribution < -0.4 is 11.1 Å². The van der Waals surface area contributed by atoms with Crippen LogP contribution in [0.15, 0.2) is 12.1 Å². The maximum Gasteiger partial charge on any atom is 0.224 e. The van der Waals surface area contributed by atoms with Crippen molar-refractivity contribution >= 4 is 29.7 Å². The van der Waals surface area contributed by atoms with Crippen molar-refractivity contribution in [3.8, 4) is 0 Å². The lowest BCUT2D eigenvalue weighted by molar-refractivity contribution is -0.126. The second kappa shape index (κ2) is 8.62. The van der Waals surface area contributed by atoms with E-state index >= 15 is 0 Å². The smallest absolute Gasteiger partial charge is 0.224 e. The molecule has 1 atom stereocenters. The number of rotatable bonds is 5. The summed E-state index contributed by atoms with van der Waals surface area (Å²) in [5.74, 6) is 0.291. The second-order valence-corrected chi connectivity index (χ2v) is 6.54. The summed E-state index contributed by atoms with van der Waals surface area (Å²) in [6, 6.07) is 4.35. The molecular weight excluding hydrogens is 294 g/mol. The molecule has 1 unspecified atom stereocenters. The molecule has 0 radical (unpaired) electrons. The summed E-state index contributed by atoms with van der Waals surface area (Å²) >= 11 is 1.85. The number of hydrogen-bond acceptors (Lipinski definition) is 4. The Balaban J connectivity index is 0.00000200. The average molecular weight is 318 g/mol. The van der Waals surface area contributed by atoms with Gasteiger partial charge in [-0.1, -0.05) is 0 Å². The molecule has 1 aromatic rings. The van der Waals surface area contributed by atoms with E-state index in [4.69, 9.17) is 5.73 Å². The van der Waals surface area contributed by atoms with Crippen molar-refractivity contribution in [1.29, 1.82) is 0 Å². The minimum Gasteiger partial charge on any atom is -0.355 e. The van der Waals surface area contributed by atoms with E-state index in [9.17, 15) is 4.79 Å². The first-order valence-corrected chi connectivity index (χ1v) is 7.76. The summed E-state index contributed by atoms with van der Waals surface area (Å²) in [7, 11) is 0. The lowest BCUT2D eigenvalue weighted by atomic mass is 9.97. The summed E-state index contributed by atoms with van der Waals surface area (Å²) < 4.78 is 0. The largest absolute Gasteiger partial charge is 0.355 e. The van der Waals surface area contributed by atoms with E-state index in [1.165, 1.54) is 9.75 Å². The van der Waals surface area contributed by atoms with Crippen LogP contribution in [0.3, 0.4) is 0 Å². The number of carbonyl (C=O) groups is 1. The number of likely N-dealkylation sites (tertiary alicyclic amines) is 1. The molecular formula is C14H24ClN3OS. The fraction of sp³-hybridized carbons (Fsp3) is 0.643. The molecule has 1 amide bonds. The van der Waals surface area contributed by atoms with Gasteiger partial charge in [-0.15, -0.1) is 23.7 Å². The van der Waals surface area contributed by atoms with E-state index in [0.717, 1.165) is 32.5 Å². The molecule has 1 saturated heterocycles. The van der Waals surface area contributed by atoms with Crippen LogP contribution in [0.4, 0.5) is 0 Å². The SMILES string of the molecule is Cc1ccc(CN2CCCC(C(=O)NCCN)C2)s1.Cl. The van der Waals surface area contributed by atoms with Crippen LogP contribution in [0.25, 0.3) is 0 Å². The topological polar surface area (TPSA) is 58.4 Å². The number of amides is 1. The molecule has 6 heteroatoms. The molecule has 2 heterocycles. The summed E-state index contributed by atoms with van der Waals surface area (Å²) in [5, 5.41) is 2.90. The quantitative estimate of drug-likeness (QED) is 0.870. The van der Waals surface area contributed by atoms with E-state index in [1.54, 1.807) is 0 Å². The molecule has 1 aromatic heterocycles. The Kier molecular flexibility index (Phi) is 7.51. The van der Waals surface area contributed by atoms with E-state index < -0.39 is 0 Å². The van der Waals surface area contributed by atoms with Gasteiger partial charge in [0.15, 0.2) is 0 Å². The number of nitrogens with zero attached hydrogens (tertiary/aromatic N) is 1. The number of nitrogens with two attached hydrogens (primary N) is 1. The van der Waals surface area contributed by atoms with Crippen molar-refractivity contribution in [3.63, 3.8) is 0 Å². The van der Waals surface area contributed by atoms with Crippen molar-refractivity contribution in [2.24, 2.45) is 11.7 Å². The van der Waals surface area contributed by atoms with Gasteiger partial charge in [-0.05, 0) is 38.4 Å². The Morgan fingerprint density at radius 2 is 2.35 bits per heavy atom. The molecule has 2 rings (SSSR count). The normalized spacial score (nSPS) is 19.4. The monoisotopic (exact) mass is 317 g/mol. The highest BCUT2D eigenvalue weighted by atomic mass is 35.5. The van der Waals surface area contributed by atoms with Gasteiger partial charge < -0.3 is 11.1 Å². The molecule has 1 aliphatic rings. The van der Waals surface area contributed by atoms with Crippen LogP contribution in [0.2, 0.25) is 0 Å². The van der Waals surface area contributed by atoms with Crippen LogP contribution >= 0.6 is 23.7 Å². The first-order valence-electron chi connectivity index (χ1n) is 6.94. The number of halogens is 1. The number of nitrogens with one attached hydrogen (secondary N) is 1. The van der Waals surface area contributed by atoms with Gasteiger partial charge in [0.25, 0.3) is 0 Å². The predicted octanol–water partition coefficient (Wildman–Crippen LogP) is 1.77. The average Bonchev–Trinajstić information content (AvgIpc) is 2.81. The molecule has 0 saturated carbocycles. The fourth-order valence-corrected chi connectivity index (χ4v) is 3.48. The van der Waals surface area contributed by atoms with E-state index in [1.807, 2.05) is 11.3 Å². The first-order chi connectivity index (χ1) is 9.19. The highest BCUT2D eigenvalue weighted by molar-refractivity contribution is 7.11. The minimum atomic E-state index is 0. The molecule has 3 N–H and O–H groups in total. The van der Waals surface area contributed by atoms with E-state index in [0.29, 0.717) is 13.1 Å². The zero-order chi connectivity index (χ0) is 13.7. The number of thiophene rings is 1. The van der Waals surface area contributed by atoms with Crippen LogP contribution in [0, 0.1) is 12.8 Å². The number of aryl methyl sites for hydroxylation is 1. The maximum absolute atomic E-state index is 12.0. The van der Waals surface area contributed by atoms with Crippen molar-refractivity contribution in [2.75, 3.05) is 26.2 Å². The lowest BCUT2D eigenvalue weighted by Gasteiger charge is -2.31. The Morgan fingerprint density at radius 1 is 1.55 bits per heavy atom. The van der Waals surface area contributed by atoms with E-state index in [-0.39, 0.29) is 24.2 Å². The maximum atomic E-state index is 12.0. The van der Waals surface area contributed by atoms with E-state index in [2.05, 4.69) is 29.3 Å². The molecule has 0 aromatic carbocycles. The van der Waals surface area contributed by atoms with Crippen molar-refractivity contribution in [2.45, 2.75) is 26.3 Å². The summed E-state index contributed by atoms with van der Waals surface area (Å²) in [4.78, 5) is 17.1. The molecule has 0 aliphatic carbocycles. The summed E-state index contributed by atoms with van der Waals surface area (Å²) in [6.45, 7) is 6.16. The van der Waals surface area contributed by atoms with Gasteiger partial charge in [0, 0.05) is 35.9 Å². The van der Waals surface area contributed by atoms with Gasteiger partial charge in [-0.2, -0.15) is 0 Å². The van der Waals surface area contributed by atoms with Crippen molar-refractivity contribution < 1.29 is 4.79 Å². The molecule has 0 spiro atoms. The molecule has 4 nitrogen and oxygen atoms in total. The second-order valence-electron chi connectivity index (χ2n) is 5.17. The number of piperidine rings is 1. The standard InChI is InChI=1S/C14H23N3OS.ClH/c1-11-4-5-13(19-11)10-17-8-2-3-12(9-17)14(18)16-7-6-15;/h4-5,12H,2-3,6-10,15H2,1H3,(H,16,18);1H. The van der Waals surface area contributed by atoms with Crippen LogP contribution in [-0.2, 0) is 11.3 Å². The molecule has 1 aliphatic heterocycles. The molecule has 114 valence electrons. The van der Waals surface area contributed by atoms with Gasteiger partial charge in [-0.3, -0.25) is 9.69 Å². The Labute approximate surface area is 131 Å². The molecule has 0 bridgehead atoms. The summed E-state index contributed by atoms with van der Waals surface area (Å²) in [6.07, 6.45) is 2.10. The zero-order valence-electron chi connectivity index (χ0n) is 11.9. The lowest BCUT2D eigenvalue weighted by Crippen LogP contribution is -2.43. The van der Waals surface area contributed by atoms with Crippen LogP contribution in [0.1, 0.15) is 22.6 Å². The van der Waals surface area contributed by atoms with Crippen molar-refractivity contribution in [3.05, 3.63) is 21.9 Å². The van der Waals surface area contributed by atoms with Crippen LogP contribution in [0.5, 0.6) is 0 Å². The van der Waals surface area contributed by atoms with Gasteiger partial charge in [-0.25, -0.2) is 0 Å². The zero-order valence-corrected chi connectivity index (χ0v) is 13.6. The third-order valence-electron chi connectivity index (χ3n) is 3.50. The Bertz CT molecular complexity index is 424. The van der Waals surface area contributed by atoms with Gasteiger partial charge in [0.1, 0.15) is 0 Å². The Morgan fingerprint density at radius 3 is 3.00 bits per heavy atom. The number of hydrogen-bond donors (Lipinski definition) is 2. The molecule has 20 heavy (non-hydrogen) atoms. The minimum absolute atomic E-state index is 0. The van der Waals surface area contributed by atoms with Crippen molar-refractivity contribution in [1.82, 2.24) is 10.2 Å². The predicted molar refractivity (Wildman–Crippen MR) is 86.4 cm³/mol. The molecule has 1 fully saturated rings. The highest BCUT2D eigenvalue weighted by Crippen LogP contribution is 2.22. The number of carbonyl (C=O) groups excluding carboxylic acids is 1. The third kappa shape index (κ3) is 5.05. The third-order valence-corrected chi connectivity index (χ3v) is 4.48. The van der Waals surface area contributed by atoms with Gasteiger partial charge in [0.05, 0.1) is 5.92 Å². The highest BCUT2D eigenvalue weighted by Gasteiger charge is 2.25. The van der Waals surface area contributed by atoms with Crippen LogP contribution in [-0.4, -0.2) is 37.0 Å².